The van der Waals surface area contributed by atoms with Gasteiger partial charge in [-0.05, 0) is 36.4 Å². The van der Waals surface area contributed by atoms with Crippen LogP contribution >= 0.6 is 0 Å². The van der Waals surface area contributed by atoms with E-state index in [-0.39, 0.29) is 11.7 Å². The number of aromatic hydroxyl groups is 1. The zero-order valence-electron chi connectivity index (χ0n) is 10.9. The van der Waals surface area contributed by atoms with Crippen LogP contribution in [0.4, 0.5) is 5.69 Å². The third-order valence-electron chi connectivity index (χ3n) is 3.57. The van der Waals surface area contributed by atoms with Gasteiger partial charge in [-0.2, -0.15) is 0 Å². The van der Waals surface area contributed by atoms with E-state index in [0.29, 0.717) is 16.8 Å². The Kier molecular flexibility index (Phi) is 2.35. The Morgan fingerprint density at radius 2 is 2.14 bits per heavy atom. The van der Waals surface area contributed by atoms with Crippen molar-refractivity contribution in [3.63, 3.8) is 0 Å². The van der Waals surface area contributed by atoms with E-state index in [4.69, 9.17) is 0 Å². The van der Waals surface area contributed by atoms with Gasteiger partial charge in [0.05, 0.1) is 0 Å². The number of benzene rings is 1. The predicted octanol–water partition coefficient (Wildman–Crippen LogP) is 2.76. The van der Waals surface area contributed by atoms with Crippen LogP contribution in [0.5, 0.6) is 5.75 Å². The van der Waals surface area contributed by atoms with Crippen LogP contribution in [0.3, 0.4) is 0 Å². The third-order valence-corrected chi connectivity index (χ3v) is 3.57. The number of carbonyl (C=O) groups is 1. The summed E-state index contributed by atoms with van der Waals surface area (Å²) in [6.45, 7) is 0. The molecular weight excluding hydrogens is 266 g/mol. The molecule has 5 nitrogen and oxygen atoms in total. The predicted molar refractivity (Wildman–Crippen MR) is 80.7 cm³/mol. The first-order valence-electron chi connectivity index (χ1n) is 6.51. The summed E-state index contributed by atoms with van der Waals surface area (Å²) in [6.07, 6.45) is 5.34. The first-order chi connectivity index (χ1) is 10.2. The molecule has 0 atom stereocenters. The highest BCUT2D eigenvalue weighted by Crippen LogP contribution is 2.36. The Balaban J connectivity index is 1.90. The van der Waals surface area contributed by atoms with Gasteiger partial charge in [-0.1, -0.05) is 0 Å². The largest absolute Gasteiger partial charge is 0.508 e. The maximum atomic E-state index is 12.1. The van der Waals surface area contributed by atoms with Gasteiger partial charge in [0.15, 0.2) is 0 Å². The van der Waals surface area contributed by atoms with Crippen LogP contribution in [-0.2, 0) is 4.79 Å². The van der Waals surface area contributed by atoms with Gasteiger partial charge in [-0.25, -0.2) is 4.98 Å². The number of phenolic OH excluding ortho intramolecular Hbond substituents is 1. The molecule has 0 saturated carbocycles. The monoisotopic (exact) mass is 277 g/mol. The Morgan fingerprint density at radius 1 is 1.24 bits per heavy atom. The Hall–Kier alpha value is -3.08. The van der Waals surface area contributed by atoms with E-state index in [1.807, 2.05) is 18.3 Å². The number of rotatable bonds is 1. The topological polar surface area (TPSA) is 78.0 Å². The molecule has 0 fully saturated rings. The molecule has 1 aliphatic heterocycles. The SMILES string of the molecule is O=C1Nc2ccc(O)cc2C1=Cc1c[nH]c2ncccc12. The van der Waals surface area contributed by atoms with Gasteiger partial charge in [-0.3, -0.25) is 4.79 Å². The summed E-state index contributed by atoms with van der Waals surface area (Å²) in [5, 5.41) is 13.4. The number of aromatic amines is 1. The van der Waals surface area contributed by atoms with Gasteiger partial charge in [0, 0.05) is 40.2 Å². The minimum Gasteiger partial charge on any atom is -0.508 e. The quantitative estimate of drug-likeness (QED) is 0.473. The highest BCUT2D eigenvalue weighted by atomic mass is 16.3. The van der Waals surface area contributed by atoms with Crippen molar-refractivity contribution in [1.29, 1.82) is 0 Å². The lowest BCUT2D eigenvalue weighted by molar-refractivity contribution is -0.110. The fourth-order valence-corrected chi connectivity index (χ4v) is 2.57. The minimum absolute atomic E-state index is 0.136. The Labute approximate surface area is 120 Å². The maximum absolute atomic E-state index is 12.1. The summed E-state index contributed by atoms with van der Waals surface area (Å²) in [5.41, 5.74) is 3.62. The molecule has 0 aliphatic carbocycles. The van der Waals surface area contributed by atoms with Crippen molar-refractivity contribution in [2.45, 2.75) is 0 Å². The molecule has 3 aromatic rings. The molecule has 1 aliphatic rings. The van der Waals surface area contributed by atoms with Crippen LogP contribution in [0.1, 0.15) is 11.1 Å². The van der Waals surface area contributed by atoms with E-state index < -0.39 is 0 Å². The van der Waals surface area contributed by atoms with Crippen LogP contribution in [0.15, 0.2) is 42.7 Å². The molecule has 4 rings (SSSR count). The zero-order chi connectivity index (χ0) is 14.4. The van der Waals surface area contributed by atoms with Crippen molar-refractivity contribution in [3.05, 3.63) is 53.9 Å². The second kappa shape index (κ2) is 4.21. The summed E-state index contributed by atoms with van der Waals surface area (Å²) in [6, 6.07) is 8.64. The van der Waals surface area contributed by atoms with Crippen molar-refractivity contribution in [1.82, 2.24) is 9.97 Å². The Bertz CT molecular complexity index is 909. The van der Waals surface area contributed by atoms with Crippen molar-refractivity contribution >= 4 is 34.3 Å². The molecule has 0 bridgehead atoms. The molecular formula is C16H11N3O2. The molecule has 1 amide bonds. The lowest BCUT2D eigenvalue weighted by Gasteiger charge is -1.99. The van der Waals surface area contributed by atoms with E-state index >= 15 is 0 Å². The second-order valence-electron chi connectivity index (χ2n) is 4.89. The number of pyridine rings is 1. The first kappa shape index (κ1) is 11.7. The number of hydrogen-bond acceptors (Lipinski definition) is 3. The molecule has 3 heterocycles. The number of fused-ring (bicyclic) bond motifs is 2. The molecule has 102 valence electrons. The standard InChI is InChI=1S/C16H11N3O2/c20-10-3-4-14-12(7-10)13(16(21)19-14)6-9-8-18-15-11(9)2-1-5-17-15/h1-8,20H,(H,17,18)(H,19,21). The van der Waals surface area contributed by atoms with E-state index in [1.54, 1.807) is 30.5 Å². The van der Waals surface area contributed by atoms with Gasteiger partial charge in [0.2, 0.25) is 0 Å². The molecule has 21 heavy (non-hydrogen) atoms. The molecule has 0 spiro atoms. The fourth-order valence-electron chi connectivity index (χ4n) is 2.57. The number of anilines is 1. The average molecular weight is 277 g/mol. The number of nitrogens with zero attached hydrogens (tertiary/aromatic N) is 1. The van der Waals surface area contributed by atoms with Gasteiger partial charge in [-0.15, -0.1) is 0 Å². The zero-order valence-corrected chi connectivity index (χ0v) is 10.9. The van der Waals surface area contributed by atoms with Crippen molar-refractivity contribution in [2.24, 2.45) is 0 Å². The highest BCUT2D eigenvalue weighted by Gasteiger charge is 2.24. The van der Waals surface area contributed by atoms with Crippen LogP contribution in [0.2, 0.25) is 0 Å². The second-order valence-corrected chi connectivity index (χ2v) is 4.89. The van der Waals surface area contributed by atoms with E-state index in [2.05, 4.69) is 15.3 Å². The summed E-state index contributed by atoms with van der Waals surface area (Å²) in [5.74, 6) is -0.0365. The maximum Gasteiger partial charge on any atom is 0.256 e. The number of hydrogen-bond donors (Lipinski definition) is 3. The molecule has 5 heteroatoms. The lowest BCUT2D eigenvalue weighted by atomic mass is 10.0. The van der Waals surface area contributed by atoms with Gasteiger partial charge in [0.25, 0.3) is 5.91 Å². The van der Waals surface area contributed by atoms with E-state index in [9.17, 15) is 9.90 Å². The molecule has 3 N–H and O–H groups in total. The van der Waals surface area contributed by atoms with Crippen molar-refractivity contribution in [3.8, 4) is 5.75 Å². The summed E-state index contributed by atoms with van der Waals surface area (Å²) >= 11 is 0. The van der Waals surface area contributed by atoms with Crippen molar-refractivity contribution in [2.75, 3.05) is 5.32 Å². The Morgan fingerprint density at radius 3 is 3.05 bits per heavy atom. The van der Waals surface area contributed by atoms with E-state index in [0.717, 1.165) is 16.6 Å². The number of aromatic nitrogens is 2. The number of H-pyrrole nitrogens is 1. The van der Waals surface area contributed by atoms with Crippen LogP contribution in [0.25, 0.3) is 22.7 Å². The smallest absolute Gasteiger partial charge is 0.256 e. The average Bonchev–Trinajstić information content (AvgIpc) is 3.02. The van der Waals surface area contributed by atoms with Gasteiger partial charge in [0.1, 0.15) is 11.4 Å². The third kappa shape index (κ3) is 1.79. The fraction of sp³-hybridized carbons (Fsp3) is 0. The highest BCUT2D eigenvalue weighted by molar-refractivity contribution is 6.35. The molecule has 2 aromatic heterocycles. The van der Waals surface area contributed by atoms with Crippen molar-refractivity contribution < 1.29 is 9.90 Å². The van der Waals surface area contributed by atoms with Gasteiger partial charge >= 0.3 is 0 Å². The summed E-state index contributed by atoms with van der Waals surface area (Å²) in [4.78, 5) is 19.4. The molecule has 1 aromatic carbocycles. The lowest BCUT2D eigenvalue weighted by Crippen LogP contribution is -2.03. The van der Waals surface area contributed by atoms with Crippen LogP contribution < -0.4 is 5.32 Å². The molecule has 0 saturated heterocycles. The number of amides is 1. The number of nitrogens with one attached hydrogen (secondary N) is 2. The van der Waals surface area contributed by atoms with Crippen LogP contribution in [-0.4, -0.2) is 21.0 Å². The first-order valence-corrected chi connectivity index (χ1v) is 6.51. The number of phenols is 1. The van der Waals surface area contributed by atoms with Crippen LogP contribution in [0, 0.1) is 0 Å². The normalized spacial score (nSPS) is 15.4. The molecule has 0 unspecified atom stereocenters. The summed E-state index contributed by atoms with van der Waals surface area (Å²) in [7, 11) is 0. The van der Waals surface area contributed by atoms with Gasteiger partial charge < -0.3 is 15.4 Å². The molecule has 0 radical (unpaired) electrons. The number of carbonyl (C=O) groups excluding carboxylic acids is 1. The summed E-state index contributed by atoms with van der Waals surface area (Å²) < 4.78 is 0. The van der Waals surface area contributed by atoms with E-state index in [1.165, 1.54) is 0 Å². The minimum atomic E-state index is -0.172.